The first kappa shape index (κ1) is 10.4. The van der Waals surface area contributed by atoms with E-state index in [-0.39, 0.29) is 11.3 Å². The van der Waals surface area contributed by atoms with E-state index in [1.807, 2.05) is 0 Å². The van der Waals surface area contributed by atoms with Crippen LogP contribution in [-0.2, 0) is 0 Å². The van der Waals surface area contributed by atoms with E-state index in [0.717, 1.165) is 0 Å². The highest BCUT2D eigenvalue weighted by molar-refractivity contribution is 5.96. The molecule has 0 unspecified atom stereocenters. The second-order valence-corrected chi connectivity index (χ2v) is 2.32. The first-order valence-corrected chi connectivity index (χ1v) is 3.63. The highest BCUT2D eigenvalue weighted by Crippen LogP contribution is 2.19. The van der Waals surface area contributed by atoms with Crippen LogP contribution in [0.4, 0.5) is 8.78 Å². The van der Waals surface area contributed by atoms with Crippen LogP contribution in [0.1, 0.15) is 10.4 Å². The molecule has 1 amide bonds. The number of hydrogen-bond acceptors (Lipinski definition) is 3. The molecule has 4 nitrogen and oxygen atoms in total. The van der Waals surface area contributed by atoms with Gasteiger partial charge in [-0.3, -0.25) is 10.0 Å². The molecule has 0 atom stereocenters. The van der Waals surface area contributed by atoms with Crippen molar-refractivity contribution in [3.05, 3.63) is 29.8 Å². The van der Waals surface area contributed by atoms with Crippen LogP contribution in [-0.4, -0.2) is 17.7 Å². The van der Waals surface area contributed by atoms with Crippen LogP contribution in [0.5, 0.6) is 5.75 Å². The average Bonchev–Trinajstić information content (AvgIpc) is 2.16. The van der Waals surface area contributed by atoms with Crippen LogP contribution >= 0.6 is 0 Å². The fourth-order valence-electron chi connectivity index (χ4n) is 0.913. The molecular weight excluding hydrogens is 196 g/mol. The predicted octanol–water partition coefficient (Wildman–Crippen LogP) is 1.41. The third-order valence-corrected chi connectivity index (χ3v) is 1.45. The van der Waals surface area contributed by atoms with Crippen molar-refractivity contribution in [2.75, 3.05) is 0 Å². The second kappa shape index (κ2) is 4.52. The van der Waals surface area contributed by atoms with Crippen molar-refractivity contribution in [1.82, 2.24) is 5.48 Å². The van der Waals surface area contributed by atoms with E-state index in [4.69, 9.17) is 5.21 Å². The van der Waals surface area contributed by atoms with Crippen molar-refractivity contribution in [3.63, 3.8) is 0 Å². The number of ether oxygens (including phenoxy) is 1. The summed E-state index contributed by atoms with van der Waals surface area (Å²) in [4.78, 5) is 10.9. The summed E-state index contributed by atoms with van der Waals surface area (Å²) < 4.78 is 27.8. The molecule has 0 saturated carbocycles. The van der Waals surface area contributed by atoms with Crippen molar-refractivity contribution in [2.45, 2.75) is 6.61 Å². The fourth-order valence-corrected chi connectivity index (χ4v) is 0.913. The Morgan fingerprint density at radius 2 is 2.07 bits per heavy atom. The Kier molecular flexibility index (Phi) is 3.35. The van der Waals surface area contributed by atoms with Gasteiger partial charge in [0.15, 0.2) is 0 Å². The summed E-state index contributed by atoms with van der Waals surface area (Å²) in [6, 6.07) is 5.36. The van der Waals surface area contributed by atoms with E-state index in [1.165, 1.54) is 29.7 Å². The zero-order valence-corrected chi connectivity index (χ0v) is 6.91. The summed E-state index contributed by atoms with van der Waals surface area (Å²) in [5.41, 5.74) is 1.17. The number of rotatable bonds is 3. The smallest absolute Gasteiger partial charge is 0.387 e. The van der Waals surface area contributed by atoms with Crippen molar-refractivity contribution in [3.8, 4) is 5.75 Å². The summed E-state index contributed by atoms with van der Waals surface area (Å²) in [5, 5.41) is 8.30. The largest absolute Gasteiger partial charge is 0.434 e. The number of para-hydroxylation sites is 1. The highest BCUT2D eigenvalue weighted by Gasteiger charge is 2.13. The Labute approximate surface area is 78.1 Å². The summed E-state index contributed by atoms with van der Waals surface area (Å²) in [6.07, 6.45) is 0. The third-order valence-electron chi connectivity index (χ3n) is 1.45. The number of carbonyl (C=O) groups is 1. The maximum atomic E-state index is 11.9. The number of hydroxylamine groups is 1. The molecule has 0 bridgehead atoms. The summed E-state index contributed by atoms with van der Waals surface area (Å²) >= 11 is 0. The van der Waals surface area contributed by atoms with E-state index < -0.39 is 12.5 Å². The summed E-state index contributed by atoms with van der Waals surface area (Å²) in [5.74, 6) is -1.18. The maximum Gasteiger partial charge on any atom is 0.387 e. The van der Waals surface area contributed by atoms with Crippen molar-refractivity contribution >= 4 is 5.91 Å². The quantitative estimate of drug-likeness (QED) is 0.576. The lowest BCUT2D eigenvalue weighted by molar-refractivity contribution is -0.0502. The van der Waals surface area contributed by atoms with Crippen LogP contribution in [0.25, 0.3) is 0 Å². The first-order valence-electron chi connectivity index (χ1n) is 3.63. The highest BCUT2D eigenvalue weighted by atomic mass is 19.3. The number of nitrogens with one attached hydrogen (secondary N) is 1. The number of alkyl halides is 2. The Morgan fingerprint density at radius 3 is 2.64 bits per heavy atom. The summed E-state index contributed by atoms with van der Waals surface area (Å²) in [6.45, 7) is -3.01. The molecule has 0 spiro atoms. The minimum Gasteiger partial charge on any atom is -0.434 e. The second-order valence-electron chi connectivity index (χ2n) is 2.32. The molecule has 0 fully saturated rings. The summed E-state index contributed by atoms with van der Waals surface area (Å²) in [7, 11) is 0. The number of benzene rings is 1. The van der Waals surface area contributed by atoms with Crippen molar-refractivity contribution in [2.24, 2.45) is 0 Å². The minimum atomic E-state index is -3.01. The zero-order chi connectivity index (χ0) is 10.6. The van der Waals surface area contributed by atoms with Gasteiger partial charge in [0.1, 0.15) is 5.75 Å². The lowest BCUT2D eigenvalue weighted by Gasteiger charge is -2.08. The van der Waals surface area contributed by atoms with Gasteiger partial charge in [0.25, 0.3) is 5.91 Å². The number of carbonyl (C=O) groups excluding carboxylic acids is 1. The Hall–Kier alpha value is -1.69. The lowest BCUT2D eigenvalue weighted by atomic mass is 10.2. The van der Waals surface area contributed by atoms with Gasteiger partial charge in [-0.05, 0) is 12.1 Å². The molecule has 0 aromatic heterocycles. The van der Waals surface area contributed by atoms with E-state index in [0.29, 0.717) is 0 Å². The lowest BCUT2D eigenvalue weighted by Crippen LogP contribution is -2.20. The van der Waals surface area contributed by atoms with Crippen LogP contribution in [0.15, 0.2) is 24.3 Å². The maximum absolute atomic E-state index is 11.9. The predicted molar refractivity (Wildman–Crippen MR) is 42.3 cm³/mol. The van der Waals surface area contributed by atoms with Crippen molar-refractivity contribution < 1.29 is 23.5 Å². The molecule has 14 heavy (non-hydrogen) atoms. The van der Waals surface area contributed by atoms with E-state index in [2.05, 4.69) is 4.74 Å². The van der Waals surface area contributed by atoms with Gasteiger partial charge < -0.3 is 4.74 Å². The van der Waals surface area contributed by atoms with Gasteiger partial charge in [0.2, 0.25) is 0 Å². The SMILES string of the molecule is O=C(NO)c1ccccc1OC(F)F. The van der Waals surface area contributed by atoms with E-state index >= 15 is 0 Å². The molecule has 0 radical (unpaired) electrons. The monoisotopic (exact) mass is 203 g/mol. The molecule has 2 N–H and O–H groups in total. The third kappa shape index (κ3) is 2.40. The molecule has 0 aliphatic heterocycles. The molecule has 0 aliphatic rings. The Morgan fingerprint density at radius 1 is 1.43 bits per heavy atom. The topological polar surface area (TPSA) is 58.6 Å². The van der Waals surface area contributed by atoms with Crippen molar-refractivity contribution in [1.29, 1.82) is 0 Å². The minimum absolute atomic E-state index is 0.157. The number of hydrogen-bond donors (Lipinski definition) is 2. The van der Waals surface area contributed by atoms with Gasteiger partial charge in [0.05, 0.1) is 5.56 Å². The first-order chi connectivity index (χ1) is 6.65. The van der Waals surface area contributed by atoms with Gasteiger partial charge in [-0.15, -0.1) is 0 Å². The normalized spacial score (nSPS) is 10.0. The zero-order valence-electron chi connectivity index (χ0n) is 6.91. The molecule has 0 saturated heterocycles. The van der Waals surface area contributed by atoms with E-state index in [9.17, 15) is 13.6 Å². The standard InChI is InChI=1S/C8H7F2NO3/c9-8(10)14-6-4-2-1-3-5(6)7(12)11-13/h1-4,8,13H,(H,11,12). The van der Waals surface area contributed by atoms with Gasteiger partial charge in [-0.1, -0.05) is 12.1 Å². The fraction of sp³-hybridized carbons (Fsp3) is 0.125. The van der Waals surface area contributed by atoms with Gasteiger partial charge in [-0.2, -0.15) is 8.78 Å². The van der Waals surface area contributed by atoms with Crippen LogP contribution in [0.2, 0.25) is 0 Å². The van der Waals surface area contributed by atoms with Gasteiger partial charge in [-0.25, -0.2) is 5.48 Å². The molecule has 6 heteroatoms. The molecular formula is C8H7F2NO3. The molecule has 76 valence electrons. The van der Waals surface area contributed by atoms with Crippen LogP contribution in [0, 0.1) is 0 Å². The number of halogens is 2. The van der Waals surface area contributed by atoms with Crippen LogP contribution < -0.4 is 10.2 Å². The molecule has 1 rings (SSSR count). The van der Waals surface area contributed by atoms with E-state index in [1.54, 1.807) is 0 Å². The molecule has 0 heterocycles. The van der Waals surface area contributed by atoms with Gasteiger partial charge in [0, 0.05) is 0 Å². The Bertz CT molecular complexity index is 330. The van der Waals surface area contributed by atoms with Gasteiger partial charge >= 0.3 is 6.61 Å². The van der Waals surface area contributed by atoms with Crippen LogP contribution in [0.3, 0.4) is 0 Å². The number of amides is 1. The molecule has 1 aromatic carbocycles. The molecule has 0 aliphatic carbocycles. The molecule has 1 aromatic rings. The Balaban J connectivity index is 2.97. The average molecular weight is 203 g/mol.